The van der Waals surface area contributed by atoms with Gasteiger partial charge in [-0.1, -0.05) is 6.07 Å². The first-order valence-electron chi connectivity index (χ1n) is 15.8. The quantitative estimate of drug-likeness (QED) is 0.274. The lowest BCUT2D eigenvalue weighted by Gasteiger charge is -2.55. The predicted octanol–water partition coefficient (Wildman–Crippen LogP) is 7.09. The number of fused-ring (bicyclic) bond motifs is 1. The second kappa shape index (κ2) is 11.8. The lowest BCUT2D eigenvalue weighted by Crippen LogP contribution is -2.53. The van der Waals surface area contributed by atoms with Crippen LogP contribution in [0.4, 0.5) is 19.3 Å². The lowest BCUT2D eigenvalue weighted by atomic mass is 9.58. The smallest absolute Gasteiger partial charge is 0.419 e. The van der Waals surface area contributed by atoms with E-state index in [1.807, 2.05) is 45.9 Å². The number of aromatic nitrogens is 1. The topological polar surface area (TPSA) is 91.3 Å². The monoisotopic (exact) mass is 639 g/mol. The van der Waals surface area contributed by atoms with Crippen molar-refractivity contribution in [2.24, 2.45) is 5.41 Å². The van der Waals surface area contributed by atoms with Crippen LogP contribution in [0.5, 0.6) is 5.75 Å². The fourth-order valence-electron chi connectivity index (χ4n) is 7.37. The molecule has 3 aromatic rings. The molecule has 9 nitrogen and oxygen atoms in total. The highest BCUT2D eigenvalue weighted by Gasteiger charge is 2.58. The van der Waals surface area contributed by atoms with E-state index < -0.39 is 29.0 Å². The van der Waals surface area contributed by atoms with Gasteiger partial charge in [0.15, 0.2) is 0 Å². The minimum Gasteiger partial charge on any atom is -0.496 e. The zero-order valence-electron chi connectivity index (χ0n) is 27.4. The first kappa shape index (κ1) is 32.2. The van der Waals surface area contributed by atoms with Crippen LogP contribution in [0.25, 0.3) is 10.9 Å². The second-order valence-electron chi connectivity index (χ2n) is 14.1. The predicted molar refractivity (Wildman–Crippen MR) is 170 cm³/mol. The third-order valence-corrected chi connectivity index (χ3v) is 9.50. The maximum atomic E-state index is 14.4. The van der Waals surface area contributed by atoms with E-state index in [1.165, 1.54) is 11.7 Å². The molecule has 46 heavy (non-hydrogen) atoms. The highest BCUT2D eigenvalue weighted by atomic mass is 19.3. The molecule has 3 heterocycles. The molecule has 0 amide bonds. The Bertz CT molecular complexity index is 1650. The standard InChI is InChI=1S/C35H43F2N3O6/c1-21-13-29(43-5)26(24-9-11-40(30(21)24)32(42)46-33(2,3)4)16-39-12-10-34(19-35(36,37)20-34)15-28(39)25-8-7-22(31(41)44-6)14-27(25)38-23-17-45-18-23/h7-9,11,13-14,23,28,38H,10,12,15-20H2,1-6H3. The Morgan fingerprint density at radius 1 is 1.11 bits per heavy atom. The average Bonchev–Trinajstić information content (AvgIpc) is 3.41. The molecular formula is C35H43F2N3O6. The molecule has 2 saturated heterocycles. The summed E-state index contributed by atoms with van der Waals surface area (Å²) in [7, 11) is 2.97. The van der Waals surface area contributed by atoms with E-state index in [9.17, 15) is 18.4 Å². The lowest BCUT2D eigenvalue weighted by molar-refractivity contribution is -0.186. The molecule has 2 aliphatic heterocycles. The Morgan fingerprint density at radius 3 is 2.46 bits per heavy atom. The Morgan fingerprint density at radius 2 is 1.85 bits per heavy atom. The summed E-state index contributed by atoms with van der Waals surface area (Å²) in [6.07, 6.45) is 2.21. The number of nitrogens with zero attached hydrogens (tertiary/aromatic N) is 2. The second-order valence-corrected chi connectivity index (χ2v) is 14.1. The van der Waals surface area contributed by atoms with Crippen molar-refractivity contribution in [3.8, 4) is 5.75 Å². The molecule has 1 unspecified atom stereocenters. The molecule has 3 aliphatic rings. The van der Waals surface area contributed by atoms with Crippen LogP contribution >= 0.6 is 0 Å². The minimum absolute atomic E-state index is 0.0788. The third kappa shape index (κ3) is 6.19. The number of benzene rings is 2. The Kier molecular flexibility index (Phi) is 8.29. The van der Waals surface area contributed by atoms with Gasteiger partial charge < -0.3 is 24.3 Å². The number of carbonyl (C=O) groups excluding carboxylic acids is 2. The zero-order valence-corrected chi connectivity index (χ0v) is 27.4. The number of carbonyl (C=O) groups is 2. The van der Waals surface area contributed by atoms with Gasteiger partial charge in [-0.3, -0.25) is 9.47 Å². The molecule has 3 fully saturated rings. The number of anilines is 1. The van der Waals surface area contributed by atoms with Gasteiger partial charge in [0.05, 0.1) is 44.6 Å². The highest BCUT2D eigenvalue weighted by Crippen LogP contribution is 2.61. The largest absolute Gasteiger partial charge is 0.496 e. The summed E-state index contributed by atoms with van der Waals surface area (Å²) < 4.78 is 52.2. The van der Waals surface area contributed by atoms with Crippen LogP contribution in [-0.4, -0.2) is 73.1 Å². The molecular weight excluding hydrogens is 596 g/mol. The van der Waals surface area contributed by atoms with E-state index in [4.69, 9.17) is 18.9 Å². The number of aryl methyl sites for hydroxylation is 1. The summed E-state index contributed by atoms with van der Waals surface area (Å²) in [5.41, 5.74) is 3.50. The van der Waals surface area contributed by atoms with Gasteiger partial charge in [0.2, 0.25) is 5.92 Å². The molecule has 1 N–H and O–H groups in total. The Balaban J connectivity index is 1.41. The molecule has 1 spiro atoms. The van der Waals surface area contributed by atoms with Crippen molar-refractivity contribution in [2.75, 3.05) is 39.3 Å². The number of piperidine rings is 1. The molecule has 1 atom stereocenters. The minimum atomic E-state index is -2.65. The van der Waals surface area contributed by atoms with Gasteiger partial charge in [0.25, 0.3) is 0 Å². The van der Waals surface area contributed by atoms with Crippen LogP contribution in [0.15, 0.2) is 36.5 Å². The number of halogens is 2. The van der Waals surface area contributed by atoms with Gasteiger partial charge >= 0.3 is 12.1 Å². The molecule has 0 bridgehead atoms. The summed E-state index contributed by atoms with van der Waals surface area (Å²) in [5.74, 6) is -2.41. The molecule has 1 aromatic heterocycles. The van der Waals surface area contributed by atoms with Crippen molar-refractivity contribution in [1.29, 1.82) is 0 Å². The van der Waals surface area contributed by atoms with Crippen LogP contribution in [0.1, 0.15) is 79.5 Å². The summed E-state index contributed by atoms with van der Waals surface area (Å²) in [6, 6.07) is 9.14. The van der Waals surface area contributed by atoms with E-state index in [2.05, 4.69) is 10.2 Å². The molecule has 1 aliphatic carbocycles. The maximum Gasteiger partial charge on any atom is 0.419 e. The first-order chi connectivity index (χ1) is 21.7. The number of hydrogen-bond acceptors (Lipinski definition) is 8. The molecule has 2 aromatic carbocycles. The van der Waals surface area contributed by atoms with E-state index in [0.717, 1.165) is 33.3 Å². The number of alkyl halides is 2. The number of methoxy groups -OCH3 is 2. The summed E-state index contributed by atoms with van der Waals surface area (Å²) in [4.78, 5) is 28.0. The maximum absolute atomic E-state index is 14.4. The van der Waals surface area contributed by atoms with Crippen LogP contribution in [-0.2, 0) is 20.8 Å². The summed E-state index contributed by atoms with van der Waals surface area (Å²) in [5, 5.41) is 4.40. The van der Waals surface area contributed by atoms with Crippen LogP contribution < -0.4 is 10.1 Å². The van der Waals surface area contributed by atoms with Crippen molar-refractivity contribution in [1.82, 2.24) is 9.47 Å². The van der Waals surface area contributed by atoms with Crippen molar-refractivity contribution in [3.63, 3.8) is 0 Å². The van der Waals surface area contributed by atoms with Gasteiger partial charge in [-0.05, 0) is 87.9 Å². The number of hydrogen-bond donors (Lipinski definition) is 1. The normalized spacial score (nSPS) is 21.0. The van der Waals surface area contributed by atoms with E-state index in [-0.39, 0.29) is 24.9 Å². The number of nitrogens with one attached hydrogen (secondary N) is 1. The molecule has 11 heteroatoms. The van der Waals surface area contributed by atoms with Crippen molar-refractivity contribution < 1.29 is 37.3 Å². The van der Waals surface area contributed by atoms with Crippen molar-refractivity contribution in [2.45, 2.75) is 83.5 Å². The molecule has 6 rings (SSSR count). The van der Waals surface area contributed by atoms with Gasteiger partial charge in [0, 0.05) is 48.3 Å². The Labute approximate surface area is 268 Å². The number of esters is 1. The van der Waals surface area contributed by atoms with E-state index >= 15 is 0 Å². The van der Waals surface area contributed by atoms with Crippen molar-refractivity contribution in [3.05, 3.63) is 58.8 Å². The van der Waals surface area contributed by atoms with Gasteiger partial charge in [-0.2, -0.15) is 0 Å². The molecule has 0 radical (unpaired) electrons. The van der Waals surface area contributed by atoms with E-state index in [1.54, 1.807) is 25.4 Å². The van der Waals surface area contributed by atoms with Crippen molar-refractivity contribution >= 4 is 28.7 Å². The fourth-order valence-corrected chi connectivity index (χ4v) is 7.37. The van der Waals surface area contributed by atoms with E-state index in [0.29, 0.717) is 50.5 Å². The van der Waals surface area contributed by atoms with Gasteiger partial charge in [-0.15, -0.1) is 0 Å². The van der Waals surface area contributed by atoms with Crippen LogP contribution in [0.3, 0.4) is 0 Å². The summed E-state index contributed by atoms with van der Waals surface area (Å²) >= 11 is 0. The zero-order chi connectivity index (χ0) is 33.0. The SMILES string of the molecule is COC(=O)c1ccc(C2CC3(CCN2Cc2c(OC)cc(C)c4c2ccn4C(=O)OC(C)(C)C)CC(F)(F)C3)c(NC2COC2)c1. The molecule has 1 saturated carbocycles. The third-order valence-electron chi connectivity index (χ3n) is 9.50. The van der Waals surface area contributed by atoms with Crippen LogP contribution in [0, 0.1) is 12.3 Å². The summed E-state index contributed by atoms with van der Waals surface area (Å²) in [6.45, 7) is 9.56. The van der Waals surface area contributed by atoms with Gasteiger partial charge in [0.1, 0.15) is 11.4 Å². The van der Waals surface area contributed by atoms with Gasteiger partial charge in [-0.25, -0.2) is 18.4 Å². The Hall–Kier alpha value is -3.70. The van der Waals surface area contributed by atoms with Crippen LogP contribution in [0.2, 0.25) is 0 Å². The number of ether oxygens (including phenoxy) is 4. The fraction of sp³-hybridized carbons (Fsp3) is 0.543. The highest BCUT2D eigenvalue weighted by molar-refractivity contribution is 5.95. The first-order valence-corrected chi connectivity index (χ1v) is 15.8. The number of rotatable bonds is 7. The molecule has 248 valence electrons. The average molecular weight is 640 g/mol. The number of likely N-dealkylation sites (tertiary alicyclic amines) is 1.